The van der Waals surface area contributed by atoms with Crippen molar-refractivity contribution in [1.29, 1.82) is 5.26 Å². The van der Waals surface area contributed by atoms with Gasteiger partial charge < -0.3 is 5.11 Å². The number of nitriles is 1. The van der Waals surface area contributed by atoms with Gasteiger partial charge in [-0.2, -0.15) is 5.26 Å². The molecule has 0 bridgehead atoms. The van der Waals surface area contributed by atoms with Crippen LogP contribution in [0, 0.1) is 22.7 Å². The molecule has 1 aliphatic rings. The number of carbonyl (C=O) groups is 1. The van der Waals surface area contributed by atoms with E-state index in [0.29, 0.717) is 6.42 Å². The molecule has 0 radical (unpaired) electrons. The highest BCUT2D eigenvalue weighted by atomic mass is 16.4. The Morgan fingerprint density at radius 1 is 1.83 bits per heavy atom. The molecule has 3 nitrogen and oxygen atoms in total. The molecule has 0 aliphatic heterocycles. The van der Waals surface area contributed by atoms with Crippen LogP contribution in [0.5, 0.6) is 0 Å². The summed E-state index contributed by atoms with van der Waals surface area (Å²) in [4.78, 5) is 10.9. The third kappa shape index (κ3) is 1.08. The van der Waals surface area contributed by atoms with Crippen molar-refractivity contribution < 1.29 is 9.90 Å². The Balaban J connectivity index is 2.93. The zero-order chi connectivity index (χ0) is 9.19. The molecule has 2 atom stereocenters. The maximum atomic E-state index is 10.9. The van der Waals surface area contributed by atoms with Crippen molar-refractivity contribution in [3.05, 3.63) is 0 Å². The summed E-state index contributed by atoms with van der Waals surface area (Å²) in [5.41, 5.74) is -1.07. The lowest BCUT2D eigenvalue weighted by molar-refractivity contribution is -0.147. The molecule has 12 heavy (non-hydrogen) atoms. The SMILES string of the molecule is CCC1CCCC1(C#N)C(=O)O. The van der Waals surface area contributed by atoms with E-state index in [-0.39, 0.29) is 5.92 Å². The quantitative estimate of drug-likeness (QED) is 0.682. The van der Waals surface area contributed by atoms with E-state index in [2.05, 4.69) is 0 Å². The predicted octanol–water partition coefficient (Wildman–Crippen LogP) is 1.79. The van der Waals surface area contributed by atoms with Gasteiger partial charge in [-0.3, -0.25) is 4.79 Å². The van der Waals surface area contributed by atoms with Gasteiger partial charge in [0.05, 0.1) is 6.07 Å². The maximum absolute atomic E-state index is 10.9. The molecule has 0 spiro atoms. The molecule has 1 N–H and O–H groups in total. The molecule has 0 aromatic heterocycles. The average molecular weight is 167 g/mol. The van der Waals surface area contributed by atoms with Crippen LogP contribution in [0.3, 0.4) is 0 Å². The summed E-state index contributed by atoms with van der Waals surface area (Å²) in [7, 11) is 0. The molecule has 1 aliphatic carbocycles. The van der Waals surface area contributed by atoms with Gasteiger partial charge in [0.25, 0.3) is 0 Å². The zero-order valence-electron chi connectivity index (χ0n) is 7.21. The van der Waals surface area contributed by atoms with Crippen LogP contribution >= 0.6 is 0 Å². The van der Waals surface area contributed by atoms with Crippen molar-refractivity contribution in [3.63, 3.8) is 0 Å². The van der Waals surface area contributed by atoms with Crippen LogP contribution in [-0.2, 0) is 4.79 Å². The summed E-state index contributed by atoms with van der Waals surface area (Å²) in [6.07, 6.45) is 3.08. The molecule has 0 amide bonds. The molecule has 0 aromatic rings. The molecule has 0 heterocycles. The summed E-state index contributed by atoms with van der Waals surface area (Å²) in [6, 6.07) is 1.98. The summed E-state index contributed by atoms with van der Waals surface area (Å²) in [6.45, 7) is 1.95. The molecular weight excluding hydrogens is 154 g/mol. The van der Waals surface area contributed by atoms with Crippen LogP contribution < -0.4 is 0 Å². The highest BCUT2D eigenvalue weighted by Crippen LogP contribution is 2.44. The number of carboxylic acids is 1. The van der Waals surface area contributed by atoms with Crippen molar-refractivity contribution in [2.45, 2.75) is 32.6 Å². The molecule has 1 saturated carbocycles. The van der Waals surface area contributed by atoms with Crippen LogP contribution in [0.4, 0.5) is 0 Å². The van der Waals surface area contributed by atoms with Crippen molar-refractivity contribution in [1.82, 2.24) is 0 Å². The zero-order valence-corrected chi connectivity index (χ0v) is 7.21. The molecule has 0 aromatic carbocycles. The molecule has 3 heteroatoms. The number of nitrogens with zero attached hydrogens (tertiary/aromatic N) is 1. The molecule has 2 unspecified atom stereocenters. The smallest absolute Gasteiger partial charge is 0.324 e. The average Bonchev–Trinajstić information content (AvgIpc) is 2.47. The van der Waals surface area contributed by atoms with Gasteiger partial charge in [-0.15, -0.1) is 0 Å². The van der Waals surface area contributed by atoms with Gasteiger partial charge >= 0.3 is 5.97 Å². The van der Waals surface area contributed by atoms with Gasteiger partial charge in [0.1, 0.15) is 0 Å². The minimum atomic E-state index is -1.07. The second kappa shape index (κ2) is 3.14. The Bertz CT molecular complexity index is 231. The van der Waals surface area contributed by atoms with E-state index >= 15 is 0 Å². The van der Waals surface area contributed by atoms with Gasteiger partial charge in [-0.05, 0) is 18.8 Å². The van der Waals surface area contributed by atoms with E-state index in [1.165, 1.54) is 0 Å². The van der Waals surface area contributed by atoms with Crippen molar-refractivity contribution in [3.8, 4) is 6.07 Å². The van der Waals surface area contributed by atoms with Crippen LogP contribution in [0.2, 0.25) is 0 Å². The third-order valence-electron chi connectivity index (χ3n) is 2.89. The van der Waals surface area contributed by atoms with Gasteiger partial charge in [-0.25, -0.2) is 0 Å². The fourth-order valence-corrected chi connectivity index (χ4v) is 2.11. The first-order valence-electron chi connectivity index (χ1n) is 4.32. The first-order valence-corrected chi connectivity index (χ1v) is 4.32. The topological polar surface area (TPSA) is 61.1 Å². The molecule has 66 valence electrons. The van der Waals surface area contributed by atoms with E-state index in [1.54, 1.807) is 0 Å². The van der Waals surface area contributed by atoms with Gasteiger partial charge in [0, 0.05) is 0 Å². The summed E-state index contributed by atoms with van der Waals surface area (Å²) in [5.74, 6) is -0.880. The van der Waals surface area contributed by atoms with E-state index in [9.17, 15) is 4.79 Å². The Morgan fingerprint density at radius 2 is 2.50 bits per heavy atom. The van der Waals surface area contributed by atoms with Crippen LogP contribution in [0.1, 0.15) is 32.6 Å². The lowest BCUT2D eigenvalue weighted by Gasteiger charge is -2.22. The Kier molecular flexibility index (Phi) is 2.37. The van der Waals surface area contributed by atoms with Crippen molar-refractivity contribution in [2.24, 2.45) is 11.3 Å². The summed E-state index contributed by atoms with van der Waals surface area (Å²) >= 11 is 0. The number of carboxylic acid groups (broad SMARTS) is 1. The molecule has 1 rings (SSSR count). The number of hydrogen-bond acceptors (Lipinski definition) is 2. The van der Waals surface area contributed by atoms with E-state index in [1.807, 2.05) is 13.0 Å². The summed E-state index contributed by atoms with van der Waals surface area (Å²) in [5, 5.41) is 17.8. The summed E-state index contributed by atoms with van der Waals surface area (Å²) < 4.78 is 0. The normalized spacial score (nSPS) is 34.5. The monoisotopic (exact) mass is 167 g/mol. The highest BCUT2D eigenvalue weighted by molar-refractivity contribution is 5.78. The van der Waals surface area contributed by atoms with E-state index in [0.717, 1.165) is 19.3 Å². The number of hydrogen-bond donors (Lipinski definition) is 1. The first kappa shape index (κ1) is 9.05. The minimum Gasteiger partial charge on any atom is -0.480 e. The van der Waals surface area contributed by atoms with Crippen LogP contribution in [-0.4, -0.2) is 11.1 Å². The van der Waals surface area contributed by atoms with Crippen LogP contribution in [0.15, 0.2) is 0 Å². The lowest BCUT2D eigenvalue weighted by Crippen LogP contribution is -2.32. The fraction of sp³-hybridized carbons (Fsp3) is 0.778. The fourth-order valence-electron chi connectivity index (χ4n) is 2.11. The Morgan fingerprint density at radius 3 is 2.83 bits per heavy atom. The first-order chi connectivity index (χ1) is 5.67. The van der Waals surface area contributed by atoms with E-state index in [4.69, 9.17) is 10.4 Å². The standard InChI is InChI=1S/C9H13NO2/c1-2-7-4-3-5-9(7,6-10)8(11)12/h7H,2-5H2,1H3,(H,11,12). The lowest BCUT2D eigenvalue weighted by atomic mass is 9.78. The highest BCUT2D eigenvalue weighted by Gasteiger charge is 2.48. The van der Waals surface area contributed by atoms with Crippen molar-refractivity contribution in [2.75, 3.05) is 0 Å². The maximum Gasteiger partial charge on any atom is 0.324 e. The van der Waals surface area contributed by atoms with Gasteiger partial charge in [0.2, 0.25) is 0 Å². The van der Waals surface area contributed by atoms with Crippen molar-refractivity contribution >= 4 is 5.97 Å². The molecule has 1 fully saturated rings. The second-order valence-electron chi connectivity index (χ2n) is 3.39. The predicted molar refractivity (Wildman–Crippen MR) is 43.3 cm³/mol. The Hall–Kier alpha value is -1.04. The Labute approximate surface area is 72.0 Å². The number of rotatable bonds is 2. The third-order valence-corrected chi connectivity index (χ3v) is 2.89. The van der Waals surface area contributed by atoms with Gasteiger partial charge in [0.15, 0.2) is 5.41 Å². The molecular formula is C9H13NO2. The van der Waals surface area contributed by atoms with Gasteiger partial charge in [-0.1, -0.05) is 19.8 Å². The minimum absolute atomic E-state index is 0.0556. The number of aliphatic carboxylic acids is 1. The molecule has 0 saturated heterocycles. The largest absolute Gasteiger partial charge is 0.480 e. The second-order valence-corrected chi connectivity index (χ2v) is 3.39. The van der Waals surface area contributed by atoms with E-state index < -0.39 is 11.4 Å². The van der Waals surface area contributed by atoms with Crippen LogP contribution in [0.25, 0.3) is 0 Å².